The van der Waals surface area contributed by atoms with Gasteiger partial charge in [0.25, 0.3) is 0 Å². The number of likely N-dealkylation sites (tertiary alicyclic amines) is 1. The number of amides is 2. The Morgan fingerprint density at radius 2 is 1.80 bits per heavy atom. The van der Waals surface area contributed by atoms with Crippen LogP contribution in [0.25, 0.3) is 16.9 Å². The molecule has 0 N–H and O–H groups in total. The van der Waals surface area contributed by atoms with Crippen LogP contribution in [-0.4, -0.2) is 59.0 Å². The van der Waals surface area contributed by atoms with Gasteiger partial charge in [-0.1, -0.05) is 37.3 Å². The van der Waals surface area contributed by atoms with Gasteiger partial charge in [-0.3, -0.25) is 14.5 Å². The van der Waals surface area contributed by atoms with Crippen molar-refractivity contribution < 1.29 is 14.3 Å². The van der Waals surface area contributed by atoms with E-state index in [0.717, 1.165) is 59.8 Å². The Hall–Kier alpha value is -3.56. The average molecular weight is 573 g/mol. The fraction of sp³-hybridized carbons (Fsp3) is 0.323. The number of hydrogen-bond donors (Lipinski definition) is 0. The summed E-state index contributed by atoms with van der Waals surface area (Å²) < 4.78 is 7.24. The van der Waals surface area contributed by atoms with Gasteiger partial charge in [0.2, 0.25) is 11.8 Å². The Morgan fingerprint density at radius 1 is 1.05 bits per heavy atom. The molecule has 7 nitrogen and oxygen atoms in total. The average Bonchev–Trinajstić information content (AvgIpc) is 3.63. The van der Waals surface area contributed by atoms with Crippen molar-refractivity contribution in [3.63, 3.8) is 0 Å². The van der Waals surface area contributed by atoms with E-state index in [1.165, 1.54) is 0 Å². The maximum atomic E-state index is 13.9. The summed E-state index contributed by atoms with van der Waals surface area (Å²) in [6, 6.07) is 19.9. The first-order valence-corrected chi connectivity index (χ1v) is 15.6. The van der Waals surface area contributed by atoms with Gasteiger partial charge in [-0.15, -0.1) is 11.8 Å². The molecule has 1 saturated heterocycles. The topological polar surface area (TPSA) is 67.7 Å². The minimum atomic E-state index is -0.108. The van der Waals surface area contributed by atoms with Gasteiger partial charge in [0.15, 0.2) is 0 Å². The van der Waals surface area contributed by atoms with Crippen molar-refractivity contribution in [1.29, 1.82) is 0 Å². The zero-order chi connectivity index (χ0) is 27.6. The van der Waals surface area contributed by atoms with Crippen LogP contribution in [-0.2, 0) is 9.59 Å². The number of methoxy groups -OCH3 is 1. The van der Waals surface area contributed by atoms with Gasteiger partial charge < -0.3 is 9.64 Å². The minimum Gasteiger partial charge on any atom is -0.497 e. The fourth-order valence-corrected chi connectivity index (χ4v) is 7.37. The van der Waals surface area contributed by atoms with Crippen molar-refractivity contribution in [2.75, 3.05) is 37.4 Å². The molecule has 0 aliphatic carbocycles. The highest BCUT2D eigenvalue weighted by Gasteiger charge is 2.38. The molecule has 0 spiro atoms. The van der Waals surface area contributed by atoms with Gasteiger partial charge in [0.1, 0.15) is 18.1 Å². The molecular weight excluding hydrogens is 541 g/mol. The molecule has 4 heterocycles. The third kappa shape index (κ3) is 5.15. The van der Waals surface area contributed by atoms with Crippen molar-refractivity contribution in [3.8, 4) is 22.7 Å². The van der Waals surface area contributed by atoms with E-state index in [2.05, 4.69) is 23.8 Å². The molecule has 0 unspecified atom stereocenters. The zero-order valence-electron chi connectivity index (χ0n) is 22.7. The van der Waals surface area contributed by atoms with Crippen LogP contribution >= 0.6 is 23.1 Å². The van der Waals surface area contributed by atoms with Crippen molar-refractivity contribution in [3.05, 3.63) is 82.6 Å². The molecule has 6 rings (SSSR count). The smallest absolute Gasteiger partial charge is 0.242 e. The molecule has 206 valence electrons. The molecule has 0 bridgehead atoms. The summed E-state index contributed by atoms with van der Waals surface area (Å²) in [7, 11) is 1.64. The number of thiophene rings is 1. The number of fused-ring (bicyclic) bond motifs is 1. The van der Waals surface area contributed by atoms with E-state index < -0.39 is 0 Å². The summed E-state index contributed by atoms with van der Waals surface area (Å²) >= 11 is 3.24. The highest BCUT2D eigenvalue weighted by Crippen LogP contribution is 2.49. The van der Waals surface area contributed by atoms with E-state index in [9.17, 15) is 9.59 Å². The van der Waals surface area contributed by atoms with Gasteiger partial charge in [0.05, 0.1) is 29.5 Å². The maximum absolute atomic E-state index is 13.9. The molecule has 0 radical (unpaired) electrons. The lowest BCUT2D eigenvalue weighted by molar-refractivity contribution is -0.132. The molecule has 9 heteroatoms. The van der Waals surface area contributed by atoms with Crippen LogP contribution < -0.4 is 9.64 Å². The number of nitrogens with zero attached hydrogens (tertiary/aromatic N) is 4. The SMILES string of the molecule is COc1ccc(-n2nc(-c3ccccc3)c3c2N(CC(=O)N2CCC(C)CC2)C(=O)CS[C@H]3c2ccsc2)cc1. The summed E-state index contributed by atoms with van der Waals surface area (Å²) in [6.07, 6.45) is 1.98. The predicted molar refractivity (Wildman–Crippen MR) is 162 cm³/mol. The van der Waals surface area contributed by atoms with Crippen LogP contribution in [0.5, 0.6) is 5.75 Å². The van der Waals surface area contributed by atoms with E-state index in [1.54, 1.807) is 35.1 Å². The van der Waals surface area contributed by atoms with Crippen LogP contribution in [0.2, 0.25) is 0 Å². The molecule has 0 saturated carbocycles. The molecule has 2 aromatic carbocycles. The molecule has 1 fully saturated rings. The lowest BCUT2D eigenvalue weighted by Gasteiger charge is -2.32. The Kier molecular flexibility index (Phi) is 7.67. The number of rotatable bonds is 6. The lowest BCUT2D eigenvalue weighted by Crippen LogP contribution is -2.46. The van der Waals surface area contributed by atoms with Crippen LogP contribution in [0.3, 0.4) is 0 Å². The number of aromatic nitrogens is 2. The van der Waals surface area contributed by atoms with Gasteiger partial charge in [0, 0.05) is 24.2 Å². The number of piperidine rings is 1. The summed E-state index contributed by atoms with van der Waals surface area (Å²) in [6.45, 7) is 3.68. The number of benzene rings is 2. The third-order valence-corrected chi connectivity index (χ3v) is 9.69. The van der Waals surface area contributed by atoms with Crippen LogP contribution in [0.4, 0.5) is 5.82 Å². The molecule has 4 aromatic rings. The molecule has 2 aliphatic heterocycles. The third-order valence-electron chi connectivity index (χ3n) is 7.73. The first kappa shape index (κ1) is 26.7. The highest BCUT2D eigenvalue weighted by atomic mass is 32.2. The molecule has 2 aliphatic rings. The Labute approximate surface area is 242 Å². The fourth-order valence-electron chi connectivity index (χ4n) is 5.41. The maximum Gasteiger partial charge on any atom is 0.242 e. The van der Waals surface area contributed by atoms with Crippen LogP contribution in [0, 0.1) is 5.92 Å². The molecule has 40 heavy (non-hydrogen) atoms. The van der Waals surface area contributed by atoms with Crippen LogP contribution in [0.1, 0.15) is 36.1 Å². The predicted octanol–water partition coefficient (Wildman–Crippen LogP) is 6.04. The minimum absolute atomic E-state index is 0.00674. The number of carbonyl (C=O) groups excluding carboxylic acids is 2. The van der Waals surface area contributed by atoms with Gasteiger partial charge >= 0.3 is 0 Å². The first-order chi connectivity index (χ1) is 19.5. The summed E-state index contributed by atoms with van der Waals surface area (Å²) in [5, 5.41) is 9.25. The Morgan fingerprint density at radius 3 is 2.48 bits per heavy atom. The van der Waals surface area contributed by atoms with E-state index in [1.807, 2.05) is 64.2 Å². The lowest BCUT2D eigenvalue weighted by atomic mass is 9.99. The van der Waals surface area contributed by atoms with Crippen molar-refractivity contribution >= 4 is 40.7 Å². The quantitative estimate of drug-likeness (QED) is 0.282. The Balaban J connectivity index is 1.54. The second-order valence-electron chi connectivity index (χ2n) is 10.4. The van der Waals surface area contributed by atoms with E-state index in [0.29, 0.717) is 11.7 Å². The number of hydrogen-bond acceptors (Lipinski definition) is 6. The molecule has 1 atom stereocenters. The summed E-state index contributed by atoms with van der Waals surface area (Å²) in [5.74, 6) is 2.18. The van der Waals surface area contributed by atoms with Crippen molar-refractivity contribution in [1.82, 2.24) is 14.7 Å². The first-order valence-electron chi connectivity index (χ1n) is 13.6. The van der Waals surface area contributed by atoms with E-state index in [4.69, 9.17) is 9.84 Å². The monoisotopic (exact) mass is 572 g/mol. The molecule has 2 aromatic heterocycles. The van der Waals surface area contributed by atoms with E-state index >= 15 is 0 Å². The normalized spacial score (nSPS) is 17.9. The zero-order valence-corrected chi connectivity index (χ0v) is 24.3. The van der Waals surface area contributed by atoms with Gasteiger partial charge in [-0.2, -0.15) is 16.4 Å². The largest absolute Gasteiger partial charge is 0.497 e. The number of anilines is 1. The van der Waals surface area contributed by atoms with E-state index in [-0.39, 0.29) is 29.4 Å². The standard InChI is InChI=1S/C31H32N4O3S2/c1-21-12-15-33(16-13-21)26(36)18-34-27(37)20-40-30(23-14-17-39-19-23)28-29(22-6-4-3-5-7-22)32-35(31(28)34)24-8-10-25(38-2)11-9-24/h3-11,14,17,19,21,30H,12-13,15-16,18,20H2,1-2H3/t30-/m0/s1. The van der Waals surface area contributed by atoms with Crippen molar-refractivity contribution in [2.24, 2.45) is 5.92 Å². The van der Waals surface area contributed by atoms with Crippen molar-refractivity contribution in [2.45, 2.75) is 25.0 Å². The molecular formula is C31H32N4O3S2. The number of thioether (sulfide) groups is 1. The summed E-state index contributed by atoms with van der Waals surface area (Å²) in [5.41, 5.74) is 4.67. The second kappa shape index (κ2) is 11.5. The second-order valence-corrected chi connectivity index (χ2v) is 12.2. The Bertz CT molecular complexity index is 1480. The highest BCUT2D eigenvalue weighted by molar-refractivity contribution is 8.00. The number of carbonyl (C=O) groups is 2. The summed E-state index contributed by atoms with van der Waals surface area (Å²) in [4.78, 5) is 31.1. The van der Waals surface area contributed by atoms with Gasteiger partial charge in [-0.25, -0.2) is 4.68 Å². The number of ether oxygens (including phenoxy) is 1. The van der Waals surface area contributed by atoms with Crippen LogP contribution in [0.15, 0.2) is 71.4 Å². The van der Waals surface area contributed by atoms with Gasteiger partial charge in [-0.05, 0) is 65.4 Å². The molecule has 2 amide bonds.